The lowest BCUT2D eigenvalue weighted by Gasteiger charge is -2.31. The van der Waals surface area contributed by atoms with E-state index in [0.717, 1.165) is 41.2 Å². The van der Waals surface area contributed by atoms with Gasteiger partial charge >= 0.3 is 0 Å². The molecule has 2 heterocycles. The van der Waals surface area contributed by atoms with Crippen LogP contribution in [0.25, 0.3) is 11.0 Å². The largest absolute Gasteiger partial charge is 0.459 e. The first kappa shape index (κ1) is 17.3. The van der Waals surface area contributed by atoms with Crippen molar-refractivity contribution < 1.29 is 9.21 Å². The van der Waals surface area contributed by atoms with Crippen molar-refractivity contribution in [2.24, 2.45) is 4.99 Å². The normalized spacial score (nSPS) is 18.7. The Morgan fingerprint density at radius 3 is 2.92 bits per heavy atom. The van der Waals surface area contributed by atoms with Gasteiger partial charge in [0.15, 0.2) is 5.96 Å². The number of benzene rings is 1. The van der Waals surface area contributed by atoms with Crippen molar-refractivity contribution in [3.63, 3.8) is 0 Å². The van der Waals surface area contributed by atoms with Gasteiger partial charge < -0.3 is 20.0 Å². The van der Waals surface area contributed by atoms with Crippen molar-refractivity contribution >= 4 is 22.8 Å². The van der Waals surface area contributed by atoms with Crippen LogP contribution in [0.5, 0.6) is 0 Å². The van der Waals surface area contributed by atoms with Gasteiger partial charge in [0.2, 0.25) is 5.91 Å². The van der Waals surface area contributed by atoms with Crippen LogP contribution in [0.15, 0.2) is 33.7 Å². The molecule has 2 aromatic rings. The molecule has 0 radical (unpaired) electrons. The molecule has 1 amide bonds. The fraction of sp³-hybridized carbons (Fsp3) is 0.474. The van der Waals surface area contributed by atoms with Crippen molar-refractivity contribution in [2.45, 2.75) is 39.3 Å². The first-order valence-corrected chi connectivity index (χ1v) is 8.84. The Bertz CT molecular complexity index is 781. The van der Waals surface area contributed by atoms with Gasteiger partial charge in [0, 0.05) is 43.5 Å². The van der Waals surface area contributed by atoms with Crippen LogP contribution < -0.4 is 10.6 Å². The van der Waals surface area contributed by atoms with Crippen LogP contribution in [-0.4, -0.2) is 42.9 Å². The van der Waals surface area contributed by atoms with Crippen molar-refractivity contribution in [1.29, 1.82) is 0 Å². The molecule has 3 rings (SSSR count). The molecule has 1 aliphatic heterocycles. The minimum Gasteiger partial charge on any atom is -0.459 e. The first-order valence-electron chi connectivity index (χ1n) is 8.84. The third-order valence-corrected chi connectivity index (χ3v) is 4.63. The lowest BCUT2D eigenvalue weighted by Crippen LogP contribution is -2.51. The van der Waals surface area contributed by atoms with E-state index in [4.69, 9.17) is 4.42 Å². The number of aryl methyl sites for hydroxylation is 1. The van der Waals surface area contributed by atoms with Crippen LogP contribution in [-0.2, 0) is 11.3 Å². The summed E-state index contributed by atoms with van der Waals surface area (Å²) in [6, 6.07) is 8.26. The molecule has 6 nitrogen and oxygen atoms in total. The molecule has 134 valence electrons. The number of carbonyl (C=O) groups is 1. The number of rotatable bonds is 4. The van der Waals surface area contributed by atoms with Crippen molar-refractivity contribution in [3.8, 4) is 0 Å². The second-order valence-corrected chi connectivity index (χ2v) is 6.50. The second kappa shape index (κ2) is 7.59. The Labute approximate surface area is 148 Å². The Kier molecular flexibility index (Phi) is 5.26. The van der Waals surface area contributed by atoms with E-state index < -0.39 is 0 Å². The minimum absolute atomic E-state index is 0.206. The zero-order valence-corrected chi connectivity index (χ0v) is 15.1. The number of nitrogens with zero attached hydrogens (tertiary/aromatic N) is 2. The van der Waals surface area contributed by atoms with E-state index in [-0.39, 0.29) is 11.9 Å². The molecule has 1 atom stereocenters. The summed E-state index contributed by atoms with van der Waals surface area (Å²) in [5, 5.41) is 7.84. The number of likely N-dealkylation sites (N-methyl/N-ethyl adjacent to an activating group) is 1. The van der Waals surface area contributed by atoms with E-state index in [9.17, 15) is 4.79 Å². The molecule has 0 bridgehead atoms. The molecule has 1 aromatic carbocycles. The van der Waals surface area contributed by atoms with Crippen molar-refractivity contribution in [2.75, 3.05) is 20.1 Å². The summed E-state index contributed by atoms with van der Waals surface area (Å²) in [5.74, 6) is 1.85. The molecular weight excluding hydrogens is 316 g/mol. The third-order valence-electron chi connectivity index (χ3n) is 4.63. The van der Waals surface area contributed by atoms with E-state index >= 15 is 0 Å². The van der Waals surface area contributed by atoms with Crippen molar-refractivity contribution in [1.82, 2.24) is 15.5 Å². The molecular formula is C19H26N4O2. The molecule has 1 aliphatic rings. The lowest BCUT2D eigenvalue weighted by atomic mass is 10.1. The van der Waals surface area contributed by atoms with Crippen LogP contribution in [0.1, 0.15) is 31.1 Å². The highest BCUT2D eigenvalue weighted by atomic mass is 16.3. The standard InChI is InChI=1S/C19H26N4O2/c1-4-20-19(22-14-9-10-18(24)23(3)12-14)21-11-17-13(2)15-7-5-6-8-16(15)25-17/h5-8,14H,4,9-12H2,1-3H3,(H2,20,21,22). The number of likely N-dealkylation sites (tertiary alicyclic amines) is 1. The van der Waals surface area contributed by atoms with E-state index in [1.807, 2.05) is 32.2 Å². The molecule has 1 unspecified atom stereocenters. The molecule has 1 saturated heterocycles. The summed E-state index contributed by atoms with van der Waals surface area (Å²) in [7, 11) is 1.85. The quantitative estimate of drug-likeness (QED) is 0.661. The predicted molar refractivity (Wildman–Crippen MR) is 99.6 cm³/mol. The predicted octanol–water partition coefficient (Wildman–Crippen LogP) is 2.42. The minimum atomic E-state index is 0.206. The Morgan fingerprint density at radius 2 is 2.20 bits per heavy atom. The van der Waals surface area contributed by atoms with Gasteiger partial charge in [0.1, 0.15) is 17.9 Å². The maximum Gasteiger partial charge on any atom is 0.222 e. The van der Waals surface area contributed by atoms with Crippen LogP contribution in [0, 0.1) is 6.92 Å². The first-order chi connectivity index (χ1) is 12.1. The number of carbonyl (C=O) groups excluding carboxylic acids is 1. The van der Waals surface area contributed by atoms with E-state index in [2.05, 4.69) is 28.6 Å². The number of aliphatic imine (C=N–C) groups is 1. The van der Waals surface area contributed by atoms with E-state index in [1.54, 1.807) is 4.90 Å². The van der Waals surface area contributed by atoms with Crippen LogP contribution in [0.4, 0.5) is 0 Å². The molecule has 0 aliphatic carbocycles. The number of nitrogens with one attached hydrogen (secondary N) is 2. The van der Waals surface area contributed by atoms with Gasteiger partial charge in [-0.3, -0.25) is 4.79 Å². The zero-order chi connectivity index (χ0) is 17.8. The monoisotopic (exact) mass is 342 g/mol. The maximum absolute atomic E-state index is 11.6. The van der Waals surface area contributed by atoms with Crippen LogP contribution >= 0.6 is 0 Å². The average Bonchev–Trinajstić information content (AvgIpc) is 2.93. The number of fused-ring (bicyclic) bond motifs is 1. The summed E-state index contributed by atoms with van der Waals surface area (Å²) in [6.45, 7) is 6.08. The molecule has 1 aromatic heterocycles. The highest BCUT2D eigenvalue weighted by Gasteiger charge is 2.23. The van der Waals surface area contributed by atoms with Crippen LogP contribution in [0.3, 0.4) is 0 Å². The number of hydrogen-bond acceptors (Lipinski definition) is 3. The summed E-state index contributed by atoms with van der Waals surface area (Å²) < 4.78 is 5.93. The summed E-state index contributed by atoms with van der Waals surface area (Å²) >= 11 is 0. The van der Waals surface area contributed by atoms with Crippen molar-refractivity contribution in [3.05, 3.63) is 35.6 Å². The number of piperidine rings is 1. The second-order valence-electron chi connectivity index (χ2n) is 6.50. The highest BCUT2D eigenvalue weighted by molar-refractivity contribution is 5.83. The zero-order valence-electron chi connectivity index (χ0n) is 15.1. The Hall–Kier alpha value is -2.50. The SMILES string of the molecule is CCNC(=NCc1oc2ccccc2c1C)NC1CCC(=O)N(C)C1. The fourth-order valence-electron chi connectivity index (χ4n) is 3.17. The summed E-state index contributed by atoms with van der Waals surface area (Å²) in [4.78, 5) is 18.1. The maximum atomic E-state index is 11.6. The highest BCUT2D eigenvalue weighted by Crippen LogP contribution is 2.25. The number of para-hydroxylation sites is 1. The van der Waals surface area contributed by atoms with E-state index in [0.29, 0.717) is 19.5 Å². The van der Waals surface area contributed by atoms with Crippen LogP contribution in [0.2, 0.25) is 0 Å². The summed E-state index contributed by atoms with van der Waals surface area (Å²) in [6.07, 6.45) is 1.41. The molecule has 0 saturated carbocycles. The molecule has 25 heavy (non-hydrogen) atoms. The third kappa shape index (κ3) is 3.95. The molecule has 6 heteroatoms. The van der Waals surface area contributed by atoms with Gasteiger partial charge in [0.05, 0.1) is 0 Å². The fourth-order valence-corrected chi connectivity index (χ4v) is 3.17. The van der Waals surface area contributed by atoms with Gasteiger partial charge in [-0.1, -0.05) is 18.2 Å². The average molecular weight is 342 g/mol. The lowest BCUT2D eigenvalue weighted by molar-refractivity contribution is -0.132. The number of hydrogen-bond donors (Lipinski definition) is 2. The number of guanidine groups is 1. The van der Waals surface area contributed by atoms with Gasteiger partial charge in [-0.15, -0.1) is 0 Å². The van der Waals surface area contributed by atoms with Gasteiger partial charge in [-0.25, -0.2) is 4.99 Å². The topological polar surface area (TPSA) is 69.9 Å². The van der Waals surface area contributed by atoms with Gasteiger partial charge in [-0.05, 0) is 26.3 Å². The molecule has 1 fully saturated rings. The van der Waals surface area contributed by atoms with E-state index in [1.165, 1.54) is 0 Å². The molecule has 2 N–H and O–H groups in total. The number of furan rings is 1. The van der Waals surface area contributed by atoms with Gasteiger partial charge in [0.25, 0.3) is 0 Å². The Balaban J connectivity index is 1.71. The smallest absolute Gasteiger partial charge is 0.222 e. The Morgan fingerprint density at radius 1 is 1.40 bits per heavy atom. The number of amides is 1. The summed E-state index contributed by atoms with van der Waals surface area (Å²) in [5.41, 5.74) is 2.04. The van der Waals surface area contributed by atoms with Gasteiger partial charge in [-0.2, -0.15) is 0 Å². The molecule has 0 spiro atoms.